The molecule has 0 spiro atoms. The Balaban J connectivity index is 1.59. The highest BCUT2D eigenvalue weighted by Crippen LogP contribution is 2.22. The number of carbonyl (C=O) groups is 1. The van der Waals surface area contributed by atoms with Gasteiger partial charge in [-0.05, 0) is 37.9 Å². The molecular weight excluding hydrogens is 262 g/mol. The van der Waals surface area contributed by atoms with Crippen molar-refractivity contribution in [3.63, 3.8) is 0 Å². The van der Waals surface area contributed by atoms with E-state index in [1.807, 2.05) is 35.2 Å². The summed E-state index contributed by atoms with van der Waals surface area (Å²) in [5.41, 5.74) is 7.04. The fourth-order valence-corrected chi connectivity index (χ4v) is 3.52. The topological polar surface area (TPSA) is 49.6 Å². The van der Waals surface area contributed by atoms with Gasteiger partial charge in [0.2, 0.25) is 5.91 Å². The van der Waals surface area contributed by atoms with Gasteiger partial charge in [-0.25, -0.2) is 0 Å². The number of carbonyl (C=O) groups excluding carboxylic acids is 1. The number of piperidine rings is 1. The summed E-state index contributed by atoms with van der Waals surface area (Å²) in [6.07, 6.45) is 5.04. The molecule has 1 aromatic rings. The Kier molecular flexibility index (Phi) is 4.56. The molecule has 114 valence electrons. The summed E-state index contributed by atoms with van der Waals surface area (Å²) in [4.78, 5) is 17.1. The summed E-state index contributed by atoms with van der Waals surface area (Å²) in [6, 6.07) is 9.69. The summed E-state index contributed by atoms with van der Waals surface area (Å²) in [6.45, 7) is 4.08. The molecule has 3 rings (SSSR count). The van der Waals surface area contributed by atoms with Crippen LogP contribution in [-0.2, 0) is 4.79 Å². The number of likely N-dealkylation sites (tertiary alicyclic amines) is 2. The van der Waals surface area contributed by atoms with Gasteiger partial charge in [0, 0.05) is 19.1 Å². The van der Waals surface area contributed by atoms with Crippen LogP contribution in [0.25, 0.3) is 0 Å². The van der Waals surface area contributed by atoms with Crippen molar-refractivity contribution >= 4 is 5.91 Å². The Morgan fingerprint density at radius 2 is 1.81 bits per heavy atom. The Bertz CT molecular complexity index is 470. The average molecular weight is 287 g/mol. The quantitative estimate of drug-likeness (QED) is 0.922. The summed E-state index contributed by atoms with van der Waals surface area (Å²) in [7, 11) is 0. The van der Waals surface area contributed by atoms with Gasteiger partial charge >= 0.3 is 0 Å². The lowest BCUT2D eigenvalue weighted by Crippen LogP contribution is -2.43. The zero-order valence-electron chi connectivity index (χ0n) is 12.6. The van der Waals surface area contributed by atoms with Crippen molar-refractivity contribution in [1.82, 2.24) is 9.80 Å². The second-order valence-corrected chi connectivity index (χ2v) is 6.21. The third kappa shape index (κ3) is 3.27. The minimum Gasteiger partial charge on any atom is -0.339 e. The molecule has 1 amide bonds. The lowest BCUT2D eigenvalue weighted by molar-refractivity contribution is -0.131. The maximum Gasteiger partial charge on any atom is 0.244 e. The predicted octanol–water partition coefficient (Wildman–Crippen LogP) is 1.77. The van der Waals surface area contributed by atoms with Crippen molar-refractivity contribution in [2.75, 3.05) is 26.2 Å². The highest BCUT2D eigenvalue weighted by Gasteiger charge is 2.33. The molecule has 2 fully saturated rings. The minimum absolute atomic E-state index is 0.0701. The molecule has 2 saturated heterocycles. The highest BCUT2D eigenvalue weighted by atomic mass is 16.2. The molecule has 4 heteroatoms. The second kappa shape index (κ2) is 6.58. The van der Waals surface area contributed by atoms with Crippen molar-refractivity contribution in [1.29, 1.82) is 0 Å². The molecular formula is C17H25N3O. The molecule has 2 unspecified atom stereocenters. The molecule has 2 N–H and O–H groups in total. The fourth-order valence-electron chi connectivity index (χ4n) is 3.52. The van der Waals surface area contributed by atoms with Crippen molar-refractivity contribution in [2.45, 2.75) is 37.8 Å². The number of nitrogens with two attached hydrogens (primary N) is 1. The number of amides is 1. The van der Waals surface area contributed by atoms with Gasteiger partial charge in [-0.1, -0.05) is 36.8 Å². The van der Waals surface area contributed by atoms with Crippen LogP contribution < -0.4 is 5.73 Å². The van der Waals surface area contributed by atoms with Crippen LogP contribution in [0.15, 0.2) is 30.3 Å². The summed E-state index contributed by atoms with van der Waals surface area (Å²) >= 11 is 0. The molecule has 21 heavy (non-hydrogen) atoms. The smallest absolute Gasteiger partial charge is 0.244 e. The van der Waals surface area contributed by atoms with Gasteiger partial charge in [0.05, 0.1) is 0 Å². The lowest BCUT2D eigenvalue weighted by Gasteiger charge is -2.32. The molecule has 0 bridgehead atoms. The van der Waals surface area contributed by atoms with Crippen LogP contribution in [0.4, 0.5) is 0 Å². The minimum atomic E-state index is -0.522. The van der Waals surface area contributed by atoms with E-state index in [0.717, 1.165) is 25.1 Å². The van der Waals surface area contributed by atoms with Crippen molar-refractivity contribution in [3.05, 3.63) is 35.9 Å². The largest absolute Gasteiger partial charge is 0.339 e. The highest BCUT2D eigenvalue weighted by molar-refractivity contribution is 5.83. The van der Waals surface area contributed by atoms with Crippen LogP contribution >= 0.6 is 0 Å². The van der Waals surface area contributed by atoms with Crippen LogP contribution in [0.2, 0.25) is 0 Å². The maximum absolute atomic E-state index is 12.6. The van der Waals surface area contributed by atoms with Crippen molar-refractivity contribution in [3.8, 4) is 0 Å². The van der Waals surface area contributed by atoms with E-state index in [1.165, 1.54) is 32.4 Å². The third-order valence-electron chi connectivity index (χ3n) is 4.81. The van der Waals surface area contributed by atoms with Crippen molar-refractivity contribution < 1.29 is 4.79 Å². The number of hydrogen-bond donors (Lipinski definition) is 1. The van der Waals surface area contributed by atoms with Gasteiger partial charge in [-0.15, -0.1) is 0 Å². The first-order valence-electron chi connectivity index (χ1n) is 8.09. The summed E-state index contributed by atoms with van der Waals surface area (Å²) in [5.74, 6) is 0.0701. The molecule has 0 aliphatic carbocycles. The molecule has 2 aliphatic heterocycles. The maximum atomic E-state index is 12.6. The zero-order chi connectivity index (χ0) is 14.7. The molecule has 0 saturated carbocycles. The molecule has 0 aromatic heterocycles. The molecule has 2 heterocycles. The van der Waals surface area contributed by atoms with Crippen LogP contribution in [0.3, 0.4) is 0 Å². The van der Waals surface area contributed by atoms with E-state index in [1.54, 1.807) is 0 Å². The van der Waals surface area contributed by atoms with Gasteiger partial charge in [0.1, 0.15) is 6.04 Å². The van der Waals surface area contributed by atoms with Gasteiger partial charge < -0.3 is 10.6 Å². The normalized spacial score (nSPS) is 25.0. The van der Waals surface area contributed by atoms with E-state index in [4.69, 9.17) is 5.73 Å². The Hall–Kier alpha value is -1.39. The molecule has 4 nitrogen and oxygen atoms in total. The summed E-state index contributed by atoms with van der Waals surface area (Å²) in [5, 5.41) is 0. The molecule has 2 aliphatic rings. The van der Waals surface area contributed by atoms with Gasteiger partial charge in [-0.2, -0.15) is 0 Å². The van der Waals surface area contributed by atoms with E-state index in [-0.39, 0.29) is 5.91 Å². The first-order valence-corrected chi connectivity index (χ1v) is 8.09. The monoisotopic (exact) mass is 287 g/mol. The summed E-state index contributed by atoms with van der Waals surface area (Å²) < 4.78 is 0. The number of rotatable bonds is 3. The first kappa shape index (κ1) is 14.5. The Labute approximate surface area is 126 Å². The van der Waals surface area contributed by atoms with E-state index >= 15 is 0 Å². The van der Waals surface area contributed by atoms with Crippen LogP contribution in [0.1, 0.15) is 37.3 Å². The van der Waals surface area contributed by atoms with Crippen molar-refractivity contribution in [2.24, 2.45) is 5.73 Å². The number of nitrogens with zero attached hydrogens (tertiary/aromatic N) is 2. The second-order valence-electron chi connectivity index (χ2n) is 6.21. The van der Waals surface area contributed by atoms with E-state index in [2.05, 4.69) is 4.90 Å². The van der Waals surface area contributed by atoms with Gasteiger partial charge in [0.25, 0.3) is 0 Å². The number of hydrogen-bond acceptors (Lipinski definition) is 3. The lowest BCUT2D eigenvalue weighted by atomic mass is 10.1. The van der Waals surface area contributed by atoms with E-state index in [9.17, 15) is 4.79 Å². The zero-order valence-corrected chi connectivity index (χ0v) is 12.6. The Morgan fingerprint density at radius 1 is 1.10 bits per heavy atom. The third-order valence-corrected chi connectivity index (χ3v) is 4.81. The van der Waals surface area contributed by atoms with Crippen LogP contribution in [-0.4, -0.2) is 47.9 Å². The molecule has 0 radical (unpaired) electrons. The van der Waals surface area contributed by atoms with Gasteiger partial charge in [-0.3, -0.25) is 9.69 Å². The molecule has 1 aromatic carbocycles. The first-order chi connectivity index (χ1) is 10.3. The average Bonchev–Trinajstić information content (AvgIpc) is 3.05. The SMILES string of the molecule is NC(C(=O)N1CCC(N2CCCCC2)C1)c1ccccc1. The van der Waals surface area contributed by atoms with E-state index < -0.39 is 6.04 Å². The number of benzene rings is 1. The van der Waals surface area contributed by atoms with Crippen LogP contribution in [0.5, 0.6) is 0 Å². The fraction of sp³-hybridized carbons (Fsp3) is 0.588. The molecule has 2 atom stereocenters. The van der Waals surface area contributed by atoms with Gasteiger partial charge in [0.15, 0.2) is 0 Å². The predicted molar refractivity (Wildman–Crippen MR) is 83.8 cm³/mol. The van der Waals surface area contributed by atoms with Crippen LogP contribution in [0, 0.1) is 0 Å². The Morgan fingerprint density at radius 3 is 2.52 bits per heavy atom. The van der Waals surface area contributed by atoms with E-state index in [0.29, 0.717) is 6.04 Å². The standard InChI is InChI=1S/C17H25N3O/c18-16(14-7-3-1-4-8-14)17(21)20-12-9-15(13-20)19-10-5-2-6-11-19/h1,3-4,7-8,15-16H,2,5-6,9-13,18H2.